The van der Waals surface area contributed by atoms with Gasteiger partial charge in [0.15, 0.2) is 0 Å². The third-order valence-electron chi connectivity index (χ3n) is 4.63. The van der Waals surface area contributed by atoms with Crippen LogP contribution in [0.1, 0.15) is 27.9 Å². The lowest BCUT2D eigenvalue weighted by Gasteiger charge is -2.29. The Morgan fingerprint density at radius 1 is 1.21 bits per heavy atom. The molecule has 6 nitrogen and oxygen atoms in total. The standard InChI is InChI=1S/C22H21N3O3/c1-28-22(27)18-10-8-16(9-11-18)14-24-15-19(13-23)21(26)25-12-4-6-17-5-2-3-7-20(17)25/h2-3,5,7-11,15,24H,4,6,12,14H2,1H3/b19-15-. The van der Waals surface area contributed by atoms with Gasteiger partial charge >= 0.3 is 5.97 Å². The molecule has 28 heavy (non-hydrogen) atoms. The largest absolute Gasteiger partial charge is 0.465 e. The Labute approximate surface area is 164 Å². The quantitative estimate of drug-likeness (QED) is 0.494. The molecule has 2 aromatic rings. The fourth-order valence-corrected chi connectivity index (χ4v) is 3.18. The molecule has 1 N–H and O–H groups in total. The summed E-state index contributed by atoms with van der Waals surface area (Å²) in [6.45, 7) is 1.03. The van der Waals surface area contributed by atoms with E-state index in [4.69, 9.17) is 0 Å². The number of aryl methyl sites for hydroxylation is 1. The zero-order valence-corrected chi connectivity index (χ0v) is 15.6. The van der Waals surface area contributed by atoms with Crippen molar-refractivity contribution in [2.24, 2.45) is 0 Å². The minimum Gasteiger partial charge on any atom is -0.465 e. The van der Waals surface area contributed by atoms with Gasteiger partial charge in [-0.15, -0.1) is 0 Å². The molecule has 0 saturated carbocycles. The molecule has 0 aliphatic carbocycles. The fraction of sp³-hybridized carbons (Fsp3) is 0.227. The molecule has 1 amide bonds. The van der Waals surface area contributed by atoms with Crippen LogP contribution in [0.2, 0.25) is 0 Å². The molecule has 1 heterocycles. The normalized spacial score (nSPS) is 13.3. The van der Waals surface area contributed by atoms with Gasteiger partial charge in [-0.1, -0.05) is 30.3 Å². The lowest BCUT2D eigenvalue weighted by Crippen LogP contribution is -2.36. The topological polar surface area (TPSA) is 82.4 Å². The summed E-state index contributed by atoms with van der Waals surface area (Å²) in [6, 6.07) is 16.7. The Bertz CT molecular complexity index is 942. The minimum atomic E-state index is -0.390. The van der Waals surface area contributed by atoms with Crippen LogP contribution in [-0.2, 0) is 22.5 Å². The van der Waals surface area contributed by atoms with E-state index in [1.54, 1.807) is 29.2 Å². The van der Waals surface area contributed by atoms with Crippen molar-refractivity contribution in [3.8, 4) is 6.07 Å². The lowest BCUT2D eigenvalue weighted by molar-refractivity contribution is -0.114. The van der Waals surface area contributed by atoms with Gasteiger partial charge in [0.2, 0.25) is 0 Å². The first-order valence-corrected chi connectivity index (χ1v) is 9.04. The van der Waals surface area contributed by atoms with Crippen molar-refractivity contribution in [3.63, 3.8) is 0 Å². The Morgan fingerprint density at radius 2 is 1.96 bits per heavy atom. The Hall–Kier alpha value is -3.59. The first-order chi connectivity index (χ1) is 13.6. The molecule has 0 atom stereocenters. The van der Waals surface area contributed by atoms with Crippen LogP contribution in [0.3, 0.4) is 0 Å². The number of para-hydroxylation sites is 1. The Balaban J connectivity index is 1.67. The van der Waals surface area contributed by atoms with E-state index in [2.05, 4.69) is 10.1 Å². The maximum atomic E-state index is 12.8. The fourth-order valence-electron chi connectivity index (χ4n) is 3.18. The van der Waals surface area contributed by atoms with Crippen LogP contribution in [0.25, 0.3) is 0 Å². The van der Waals surface area contributed by atoms with Crippen LogP contribution in [0.15, 0.2) is 60.3 Å². The van der Waals surface area contributed by atoms with Gasteiger partial charge in [-0.25, -0.2) is 4.79 Å². The Morgan fingerprint density at radius 3 is 2.68 bits per heavy atom. The number of carbonyl (C=O) groups is 2. The van der Waals surface area contributed by atoms with Crippen LogP contribution in [0.4, 0.5) is 5.69 Å². The second-order valence-corrected chi connectivity index (χ2v) is 6.43. The molecule has 1 aliphatic heterocycles. The van der Waals surface area contributed by atoms with E-state index in [-0.39, 0.29) is 11.5 Å². The summed E-state index contributed by atoms with van der Waals surface area (Å²) in [7, 11) is 1.34. The van der Waals surface area contributed by atoms with E-state index in [1.165, 1.54) is 13.3 Å². The molecule has 3 rings (SSSR count). The molecular weight excluding hydrogens is 354 g/mol. The number of rotatable bonds is 5. The summed E-state index contributed by atoms with van der Waals surface area (Å²) in [5, 5.41) is 12.5. The average Bonchev–Trinajstić information content (AvgIpc) is 2.75. The third-order valence-corrected chi connectivity index (χ3v) is 4.63. The molecule has 0 radical (unpaired) electrons. The van der Waals surface area contributed by atoms with Crippen molar-refractivity contribution >= 4 is 17.6 Å². The molecule has 6 heteroatoms. The van der Waals surface area contributed by atoms with E-state index in [0.717, 1.165) is 29.7 Å². The zero-order valence-electron chi connectivity index (χ0n) is 15.6. The summed E-state index contributed by atoms with van der Waals surface area (Å²) < 4.78 is 4.67. The molecule has 0 fully saturated rings. The van der Waals surface area contributed by atoms with Crippen molar-refractivity contribution in [2.75, 3.05) is 18.6 Å². The number of ether oxygens (including phenoxy) is 1. The lowest BCUT2D eigenvalue weighted by atomic mass is 10.0. The average molecular weight is 375 g/mol. The number of methoxy groups -OCH3 is 1. The van der Waals surface area contributed by atoms with Gasteiger partial charge in [-0.3, -0.25) is 4.79 Å². The van der Waals surface area contributed by atoms with Crippen LogP contribution in [0.5, 0.6) is 0 Å². The first-order valence-electron chi connectivity index (χ1n) is 9.04. The molecule has 2 aromatic carbocycles. The molecule has 1 aliphatic rings. The number of benzene rings is 2. The number of hydrogen-bond acceptors (Lipinski definition) is 5. The molecule has 142 valence electrons. The molecule has 0 spiro atoms. The summed E-state index contributed by atoms with van der Waals surface area (Å²) in [6.07, 6.45) is 3.26. The minimum absolute atomic E-state index is 0.0582. The highest BCUT2D eigenvalue weighted by atomic mass is 16.5. The maximum Gasteiger partial charge on any atom is 0.337 e. The van der Waals surface area contributed by atoms with Gasteiger partial charge in [0.1, 0.15) is 11.6 Å². The van der Waals surface area contributed by atoms with Crippen LogP contribution < -0.4 is 10.2 Å². The molecule has 0 bridgehead atoms. The smallest absolute Gasteiger partial charge is 0.337 e. The van der Waals surface area contributed by atoms with Crippen molar-refractivity contribution < 1.29 is 14.3 Å². The summed E-state index contributed by atoms with van der Waals surface area (Å²) in [4.78, 5) is 26.0. The van der Waals surface area contributed by atoms with Gasteiger partial charge in [0, 0.05) is 25.0 Å². The zero-order chi connectivity index (χ0) is 19.9. The van der Waals surface area contributed by atoms with Crippen LogP contribution in [-0.4, -0.2) is 25.5 Å². The number of nitriles is 1. The maximum absolute atomic E-state index is 12.8. The summed E-state index contributed by atoms with van der Waals surface area (Å²) in [5.41, 5.74) is 3.44. The number of hydrogen-bond donors (Lipinski definition) is 1. The molecular formula is C22H21N3O3. The van der Waals surface area contributed by atoms with Crippen molar-refractivity contribution in [3.05, 3.63) is 77.0 Å². The summed E-state index contributed by atoms with van der Waals surface area (Å²) in [5.74, 6) is -0.693. The van der Waals surface area contributed by atoms with Gasteiger partial charge < -0.3 is 15.0 Å². The predicted molar refractivity (Wildman–Crippen MR) is 105 cm³/mol. The molecule has 0 saturated heterocycles. The SMILES string of the molecule is COC(=O)c1ccc(CN/C=C(/C#N)C(=O)N2CCCc3ccccc32)cc1. The Kier molecular flexibility index (Phi) is 6.07. The van der Waals surface area contributed by atoms with Crippen molar-refractivity contribution in [2.45, 2.75) is 19.4 Å². The van der Waals surface area contributed by atoms with E-state index in [1.807, 2.05) is 30.3 Å². The van der Waals surface area contributed by atoms with Crippen molar-refractivity contribution in [1.82, 2.24) is 5.32 Å². The van der Waals surface area contributed by atoms with Gasteiger partial charge in [0.25, 0.3) is 5.91 Å². The highest BCUT2D eigenvalue weighted by Gasteiger charge is 2.24. The van der Waals surface area contributed by atoms with Gasteiger partial charge in [-0.05, 0) is 42.2 Å². The number of anilines is 1. The number of nitrogens with zero attached hydrogens (tertiary/aromatic N) is 2. The monoisotopic (exact) mass is 375 g/mol. The number of fused-ring (bicyclic) bond motifs is 1. The summed E-state index contributed by atoms with van der Waals surface area (Å²) >= 11 is 0. The van der Waals surface area contributed by atoms with E-state index in [0.29, 0.717) is 18.7 Å². The van der Waals surface area contributed by atoms with E-state index < -0.39 is 5.97 Å². The highest BCUT2D eigenvalue weighted by Crippen LogP contribution is 2.27. The second-order valence-electron chi connectivity index (χ2n) is 6.43. The molecule has 0 aromatic heterocycles. The van der Waals surface area contributed by atoms with Gasteiger partial charge in [-0.2, -0.15) is 5.26 Å². The van der Waals surface area contributed by atoms with E-state index >= 15 is 0 Å². The predicted octanol–water partition coefficient (Wildman–Crippen LogP) is 2.95. The number of amides is 1. The van der Waals surface area contributed by atoms with Crippen molar-refractivity contribution in [1.29, 1.82) is 5.26 Å². The second kappa shape index (κ2) is 8.87. The first kappa shape index (κ1) is 19.2. The van der Waals surface area contributed by atoms with Crippen LogP contribution >= 0.6 is 0 Å². The van der Waals surface area contributed by atoms with E-state index in [9.17, 15) is 14.9 Å². The van der Waals surface area contributed by atoms with Gasteiger partial charge in [0.05, 0.1) is 12.7 Å². The third kappa shape index (κ3) is 4.21. The number of esters is 1. The number of nitrogens with one attached hydrogen (secondary N) is 1. The number of carbonyl (C=O) groups excluding carboxylic acids is 2. The highest BCUT2D eigenvalue weighted by molar-refractivity contribution is 6.08. The van der Waals surface area contributed by atoms with Crippen LogP contribution in [0, 0.1) is 11.3 Å². The molecule has 0 unspecified atom stereocenters.